The number of rotatable bonds is 0. The average Bonchev–Trinajstić information content (AvgIpc) is 1.90. The van der Waals surface area contributed by atoms with Gasteiger partial charge in [0.25, 0.3) is 0 Å². The predicted molar refractivity (Wildman–Crippen MR) is 33.2 cm³/mol. The predicted octanol–water partition coefficient (Wildman–Crippen LogP) is 0.889. The summed E-state index contributed by atoms with van der Waals surface area (Å²) in [6.07, 6.45) is 1.27. The lowest BCUT2D eigenvalue weighted by molar-refractivity contribution is 0.724. The molecule has 0 aromatic carbocycles. The third-order valence-electron chi connectivity index (χ3n) is 0.900. The minimum absolute atomic E-state index is 0.963. The van der Waals surface area contributed by atoms with E-state index in [1.54, 1.807) is 0 Å². The molecule has 0 aromatic rings. The van der Waals surface area contributed by atoms with Crippen LogP contribution in [-0.2, 0) is 0 Å². The van der Waals surface area contributed by atoms with Crippen LogP contribution in [0, 0.1) is 5.75 Å². The molecule has 1 aliphatic heterocycles. The Morgan fingerprint density at radius 1 is 1.57 bits per heavy atom. The molecule has 1 heterocycles. The molecule has 0 saturated carbocycles. The Morgan fingerprint density at radius 3 is 3.57 bits per heavy atom. The van der Waals surface area contributed by atoms with E-state index < -0.39 is 0 Å². The van der Waals surface area contributed by atoms with E-state index >= 15 is 0 Å². The van der Waals surface area contributed by atoms with Crippen LogP contribution in [0.3, 0.4) is 0 Å². The summed E-state index contributed by atoms with van der Waals surface area (Å²) < 4.78 is 0. The summed E-state index contributed by atoms with van der Waals surface area (Å²) in [6.45, 7) is 2.04. The van der Waals surface area contributed by atoms with Crippen molar-refractivity contribution in [1.82, 2.24) is 5.32 Å². The molecule has 0 atom stereocenters. The first-order valence-electron chi connectivity index (χ1n) is 2.57. The molecule has 1 saturated heterocycles. The van der Waals surface area contributed by atoms with Gasteiger partial charge < -0.3 is 0 Å². The first-order chi connectivity index (χ1) is 3.50. The van der Waals surface area contributed by atoms with Gasteiger partial charge in [-0.25, -0.2) is 5.32 Å². The van der Waals surface area contributed by atoms with Crippen molar-refractivity contribution in [3.05, 3.63) is 5.75 Å². The van der Waals surface area contributed by atoms with E-state index in [2.05, 4.69) is 11.1 Å². The second-order valence-corrected chi connectivity index (χ2v) is 2.60. The molecule has 0 bridgehead atoms. The van der Waals surface area contributed by atoms with Gasteiger partial charge in [0.15, 0.2) is 0 Å². The molecular formula is C5H9NS. The molecule has 1 rings (SSSR count). The number of nitrogens with zero attached hydrogens (tertiary/aromatic N) is 1. The van der Waals surface area contributed by atoms with Crippen molar-refractivity contribution < 1.29 is 0 Å². The number of hydrogen-bond donors (Lipinski definition) is 0. The summed E-state index contributed by atoms with van der Waals surface area (Å²) in [4.78, 5) is 0. The van der Waals surface area contributed by atoms with Crippen molar-refractivity contribution in [3.63, 3.8) is 0 Å². The third-order valence-corrected chi connectivity index (χ3v) is 1.81. The van der Waals surface area contributed by atoms with E-state index in [0.717, 1.165) is 13.1 Å². The molecule has 7 heavy (non-hydrogen) atoms. The van der Waals surface area contributed by atoms with Crippen molar-refractivity contribution in [3.8, 4) is 0 Å². The average molecular weight is 115 g/mol. The van der Waals surface area contributed by atoms with Crippen molar-refractivity contribution in [2.75, 3.05) is 18.8 Å². The Morgan fingerprint density at radius 2 is 2.57 bits per heavy atom. The monoisotopic (exact) mass is 115 g/mol. The first kappa shape index (κ1) is 5.45. The van der Waals surface area contributed by atoms with E-state index in [0.29, 0.717) is 0 Å². The van der Waals surface area contributed by atoms with E-state index in [4.69, 9.17) is 0 Å². The summed E-state index contributed by atoms with van der Waals surface area (Å²) >= 11 is 1.90. The molecule has 1 aliphatic rings. The lowest BCUT2D eigenvalue weighted by Crippen LogP contribution is -2.04. The Kier molecular flexibility index (Phi) is 2.59. The highest BCUT2D eigenvalue weighted by Crippen LogP contribution is 2.08. The van der Waals surface area contributed by atoms with Gasteiger partial charge in [0.05, 0.1) is 0 Å². The van der Waals surface area contributed by atoms with Crippen LogP contribution in [0.4, 0.5) is 0 Å². The zero-order valence-electron chi connectivity index (χ0n) is 4.26. The van der Waals surface area contributed by atoms with Gasteiger partial charge in [-0.3, -0.25) is 0 Å². The van der Waals surface area contributed by atoms with Crippen LogP contribution in [0.25, 0.3) is 0 Å². The molecule has 2 heteroatoms. The first-order valence-corrected chi connectivity index (χ1v) is 3.61. The van der Waals surface area contributed by atoms with Crippen LogP contribution in [-0.4, -0.2) is 18.8 Å². The summed E-state index contributed by atoms with van der Waals surface area (Å²) in [6, 6.07) is 0. The lowest BCUT2D eigenvalue weighted by atomic mass is 10.5. The van der Waals surface area contributed by atoms with Crippen molar-refractivity contribution in [1.29, 1.82) is 0 Å². The van der Waals surface area contributed by atoms with Gasteiger partial charge in [-0.2, -0.15) is 11.8 Å². The molecule has 1 fully saturated rings. The molecule has 0 N–H and O–H groups in total. The zero-order chi connectivity index (χ0) is 4.95. The van der Waals surface area contributed by atoms with Gasteiger partial charge in [0.1, 0.15) is 0 Å². The fourth-order valence-corrected chi connectivity index (χ4v) is 1.21. The lowest BCUT2D eigenvalue weighted by Gasteiger charge is -1.87. The maximum absolute atomic E-state index is 4.19. The quantitative estimate of drug-likeness (QED) is 0.457. The normalized spacial score (nSPS) is 24.0. The van der Waals surface area contributed by atoms with Gasteiger partial charge in [0.2, 0.25) is 0 Å². The van der Waals surface area contributed by atoms with Crippen LogP contribution in [0.1, 0.15) is 6.42 Å². The van der Waals surface area contributed by atoms with Crippen LogP contribution >= 0.6 is 11.8 Å². The van der Waals surface area contributed by atoms with Gasteiger partial charge in [0, 0.05) is 18.8 Å². The van der Waals surface area contributed by atoms with Crippen molar-refractivity contribution in [2.45, 2.75) is 6.42 Å². The third kappa shape index (κ3) is 2.19. The molecule has 40 valence electrons. The molecule has 2 radical (unpaired) electrons. The van der Waals surface area contributed by atoms with Gasteiger partial charge in [-0.1, -0.05) is 0 Å². The maximum atomic E-state index is 4.19. The minimum Gasteiger partial charge on any atom is -0.241 e. The molecule has 0 unspecified atom stereocenters. The molecule has 0 spiro atoms. The van der Waals surface area contributed by atoms with Crippen molar-refractivity contribution in [2.24, 2.45) is 0 Å². The summed E-state index contributed by atoms with van der Waals surface area (Å²) in [5.74, 6) is 3.44. The second-order valence-electron chi connectivity index (χ2n) is 1.52. The highest BCUT2D eigenvalue weighted by atomic mass is 32.2. The summed E-state index contributed by atoms with van der Waals surface area (Å²) in [5.41, 5.74) is 0. The summed E-state index contributed by atoms with van der Waals surface area (Å²) in [7, 11) is 0. The highest BCUT2D eigenvalue weighted by molar-refractivity contribution is 8.01. The fourth-order valence-electron chi connectivity index (χ4n) is 0.540. The van der Waals surface area contributed by atoms with E-state index in [9.17, 15) is 0 Å². The van der Waals surface area contributed by atoms with Gasteiger partial charge in [-0.05, 0) is 12.2 Å². The topological polar surface area (TPSA) is 14.1 Å². The molecule has 0 amide bonds. The summed E-state index contributed by atoms with van der Waals surface area (Å²) in [5, 5.41) is 4.19. The number of hydrogen-bond acceptors (Lipinski definition) is 1. The SMILES string of the molecule is [CH]1C[N]CCCS1. The molecule has 0 aromatic heterocycles. The number of thioether (sulfide) groups is 1. The highest BCUT2D eigenvalue weighted by Gasteiger charge is 1.96. The smallest absolute Gasteiger partial charge is 0.0320 e. The van der Waals surface area contributed by atoms with Crippen LogP contribution < -0.4 is 5.32 Å². The fraction of sp³-hybridized carbons (Fsp3) is 0.800. The zero-order valence-corrected chi connectivity index (χ0v) is 5.08. The van der Waals surface area contributed by atoms with Crippen molar-refractivity contribution >= 4 is 11.8 Å². The molecule has 1 nitrogen and oxygen atoms in total. The van der Waals surface area contributed by atoms with E-state index in [1.165, 1.54) is 12.2 Å². The van der Waals surface area contributed by atoms with E-state index in [-0.39, 0.29) is 0 Å². The van der Waals surface area contributed by atoms with Gasteiger partial charge in [-0.15, -0.1) is 0 Å². The Hall–Kier alpha value is 0.310. The Bertz CT molecular complexity index is 27.7. The minimum atomic E-state index is 0.963. The van der Waals surface area contributed by atoms with Crippen LogP contribution in [0.15, 0.2) is 0 Å². The van der Waals surface area contributed by atoms with Crippen LogP contribution in [0.5, 0.6) is 0 Å². The van der Waals surface area contributed by atoms with E-state index in [1.807, 2.05) is 11.8 Å². The van der Waals surface area contributed by atoms with Crippen LogP contribution in [0.2, 0.25) is 0 Å². The van der Waals surface area contributed by atoms with Gasteiger partial charge >= 0.3 is 0 Å². The second kappa shape index (κ2) is 3.33. The molecular weight excluding hydrogens is 106 g/mol. The largest absolute Gasteiger partial charge is 0.241 e. The molecule has 0 aliphatic carbocycles. The Balaban J connectivity index is 2.04. The Labute approximate surface area is 48.9 Å². The standard InChI is InChI=1S/C5H9NS/c1-2-6-3-5-7-4-1/h5H,1-4H2. The maximum Gasteiger partial charge on any atom is 0.0320 e.